The Morgan fingerprint density at radius 1 is 1.19 bits per heavy atom. The number of nitrogens with one attached hydrogen (secondary N) is 1. The van der Waals surface area contributed by atoms with E-state index in [4.69, 9.17) is 0 Å². The Morgan fingerprint density at radius 3 is 2.88 bits per heavy atom. The van der Waals surface area contributed by atoms with Gasteiger partial charge in [0.15, 0.2) is 0 Å². The van der Waals surface area contributed by atoms with Crippen LogP contribution in [0.4, 0.5) is 5.13 Å². The van der Waals surface area contributed by atoms with Crippen LogP contribution >= 0.6 is 11.3 Å². The topological polar surface area (TPSA) is 75.5 Å². The molecular formula is C18H17N7S. The Bertz CT molecular complexity index is 1030. The van der Waals surface area contributed by atoms with E-state index in [0.717, 1.165) is 40.2 Å². The molecule has 1 aromatic carbocycles. The lowest BCUT2D eigenvalue weighted by Crippen LogP contribution is -2.34. The van der Waals surface area contributed by atoms with Gasteiger partial charge in [0.2, 0.25) is 5.13 Å². The summed E-state index contributed by atoms with van der Waals surface area (Å²) < 4.78 is 1.83. The highest BCUT2D eigenvalue weighted by molar-refractivity contribution is 7.18. The van der Waals surface area contributed by atoms with Gasteiger partial charge in [-0.2, -0.15) is 5.10 Å². The standard InChI is InChI=1S/C18H17N7S/c1-24-8-13(7-21-24)14-9-25(10-15-16(14)20-11-19-15)18-23-22-17(26-18)12-5-3-2-4-6-12/h2-8,11,14H,9-10H2,1H3,(H,19,20). The number of H-pyrrole nitrogens is 1. The molecule has 5 rings (SSSR count). The van der Waals surface area contributed by atoms with Crippen LogP contribution in [0, 0.1) is 0 Å². The molecule has 1 aliphatic heterocycles. The highest BCUT2D eigenvalue weighted by Crippen LogP contribution is 2.36. The zero-order valence-electron chi connectivity index (χ0n) is 14.2. The summed E-state index contributed by atoms with van der Waals surface area (Å²) in [7, 11) is 1.94. The van der Waals surface area contributed by atoms with Crippen LogP contribution < -0.4 is 4.90 Å². The van der Waals surface area contributed by atoms with Crippen LogP contribution in [-0.4, -0.2) is 36.5 Å². The van der Waals surface area contributed by atoms with Crippen molar-refractivity contribution in [1.29, 1.82) is 0 Å². The number of anilines is 1. The van der Waals surface area contributed by atoms with Crippen molar-refractivity contribution in [2.24, 2.45) is 7.05 Å². The highest BCUT2D eigenvalue weighted by atomic mass is 32.1. The van der Waals surface area contributed by atoms with Crippen molar-refractivity contribution in [3.63, 3.8) is 0 Å². The minimum absolute atomic E-state index is 0.169. The molecule has 1 atom stereocenters. The first-order valence-electron chi connectivity index (χ1n) is 8.42. The van der Waals surface area contributed by atoms with Crippen molar-refractivity contribution >= 4 is 16.5 Å². The molecular weight excluding hydrogens is 346 g/mol. The molecule has 0 amide bonds. The average molecular weight is 363 g/mol. The van der Waals surface area contributed by atoms with Gasteiger partial charge in [-0.1, -0.05) is 41.7 Å². The SMILES string of the molecule is Cn1cc(C2CN(c3nnc(-c4ccccc4)s3)Cc3[nH]cnc32)cn1. The Kier molecular flexibility index (Phi) is 3.56. The number of fused-ring (bicyclic) bond motifs is 1. The number of imidazole rings is 1. The second-order valence-electron chi connectivity index (χ2n) is 6.40. The third-order valence-electron chi connectivity index (χ3n) is 4.67. The molecule has 3 aromatic heterocycles. The zero-order chi connectivity index (χ0) is 17.5. The van der Waals surface area contributed by atoms with Gasteiger partial charge in [0, 0.05) is 36.8 Å². The summed E-state index contributed by atoms with van der Waals surface area (Å²) >= 11 is 1.62. The monoisotopic (exact) mass is 363 g/mol. The molecule has 0 radical (unpaired) electrons. The van der Waals surface area contributed by atoms with Crippen LogP contribution in [-0.2, 0) is 13.6 Å². The van der Waals surface area contributed by atoms with Gasteiger partial charge in [0.05, 0.1) is 30.5 Å². The molecule has 7 nitrogen and oxygen atoms in total. The number of aryl methyl sites for hydroxylation is 1. The van der Waals surface area contributed by atoms with Crippen LogP contribution in [0.15, 0.2) is 49.1 Å². The number of aromatic nitrogens is 6. The van der Waals surface area contributed by atoms with Crippen LogP contribution in [0.1, 0.15) is 22.9 Å². The van der Waals surface area contributed by atoms with E-state index in [1.54, 1.807) is 17.7 Å². The normalized spacial score (nSPS) is 16.7. The minimum Gasteiger partial charge on any atom is -0.347 e. The van der Waals surface area contributed by atoms with Gasteiger partial charge < -0.3 is 9.88 Å². The molecule has 130 valence electrons. The van der Waals surface area contributed by atoms with Gasteiger partial charge in [0.1, 0.15) is 5.01 Å². The lowest BCUT2D eigenvalue weighted by Gasteiger charge is -2.31. The predicted molar refractivity (Wildman–Crippen MR) is 100 cm³/mol. The molecule has 26 heavy (non-hydrogen) atoms. The Morgan fingerprint density at radius 2 is 2.08 bits per heavy atom. The molecule has 1 aliphatic rings. The lowest BCUT2D eigenvalue weighted by molar-refractivity contribution is 0.641. The fraction of sp³-hybridized carbons (Fsp3) is 0.222. The fourth-order valence-electron chi connectivity index (χ4n) is 3.39. The lowest BCUT2D eigenvalue weighted by atomic mass is 9.93. The second kappa shape index (κ2) is 6.06. The van der Waals surface area contributed by atoms with E-state index in [1.165, 1.54) is 5.56 Å². The first-order valence-corrected chi connectivity index (χ1v) is 9.24. The van der Waals surface area contributed by atoms with Gasteiger partial charge in [-0.25, -0.2) is 4.98 Å². The molecule has 0 bridgehead atoms. The van der Waals surface area contributed by atoms with E-state index in [0.29, 0.717) is 0 Å². The number of aromatic amines is 1. The molecule has 4 aromatic rings. The van der Waals surface area contributed by atoms with Crippen molar-refractivity contribution in [1.82, 2.24) is 29.9 Å². The van der Waals surface area contributed by atoms with E-state index in [1.807, 2.05) is 36.1 Å². The van der Waals surface area contributed by atoms with Gasteiger partial charge in [-0.3, -0.25) is 4.68 Å². The van der Waals surface area contributed by atoms with E-state index < -0.39 is 0 Å². The smallest absolute Gasteiger partial charge is 0.208 e. The molecule has 1 N–H and O–H groups in total. The van der Waals surface area contributed by atoms with Crippen molar-refractivity contribution in [2.45, 2.75) is 12.5 Å². The summed E-state index contributed by atoms with van der Waals surface area (Å²) in [6.45, 7) is 1.57. The van der Waals surface area contributed by atoms with Crippen molar-refractivity contribution in [3.8, 4) is 10.6 Å². The van der Waals surface area contributed by atoms with Crippen LogP contribution in [0.5, 0.6) is 0 Å². The summed E-state index contributed by atoms with van der Waals surface area (Å²) in [5.41, 5.74) is 4.49. The van der Waals surface area contributed by atoms with E-state index >= 15 is 0 Å². The summed E-state index contributed by atoms with van der Waals surface area (Å²) in [4.78, 5) is 10.1. The van der Waals surface area contributed by atoms with Crippen molar-refractivity contribution in [2.75, 3.05) is 11.4 Å². The predicted octanol–water partition coefficient (Wildman–Crippen LogP) is 2.81. The Labute approximate surface area is 154 Å². The van der Waals surface area contributed by atoms with Gasteiger partial charge in [-0.15, -0.1) is 10.2 Å². The average Bonchev–Trinajstić information content (AvgIpc) is 3.41. The number of hydrogen-bond acceptors (Lipinski definition) is 6. The summed E-state index contributed by atoms with van der Waals surface area (Å²) in [5.74, 6) is 0.169. The zero-order valence-corrected chi connectivity index (χ0v) is 15.0. The first kappa shape index (κ1) is 15.3. The van der Waals surface area contributed by atoms with Crippen molar-refractivity contribution < 1.29 is 0 Å². The molecule has 4 heterocycles. The third kappa shape index (κ3) is 2.59. The van der Waals surface area contributed by atoms with Gasteiger partial charge in [0.25, 0.3) is 0 Å². The number of hydrogen-bond donors (Lipinski definition) is 1. The highest BCUT2D eigenvalue weighted by Gasteiger charge is 2.31. The molecule has 1 unspecified atom stereocenters. The molecule has 0 saturated carbocycles. The van der Waals surface area contributed by atoms with E-state index in [-0.39, 0.29) is 5.92 Å². The van der Waals surface area contributed by atoms with Crippen molar-refractivity contribution in [3.05, 3.63) is 66.0 Å². The molecule has 0 spiro atoms. The third-order valence-corrected chi connectivity index (χ3v) is 5.70. The summed E-state index contributed by atoms with van der Waals surface area (Å²) in [6, 6.07) is 10.2. The van der Waals surface area contributed by atoms with Crippen LogP contribution in [0.3, 0.4) is 0 Å². The largest absolute Gasteiger partial charge is 0.347 e. The number of benzene rings is 1. The fourth-order valence-corrected chi connectivity index (χ4v) is 4.25. The number of rotatable bonds is 3. The summed E-state index contributed by atoms with van der Waals surface area (Å²) in [6.07, 6.45) is 5.75. The quantitative estimate of drug-likeness (QED) is 0.606. The van der Waals surface area contributed by atoms with Crippen LogP contribution in [0.25, 0.3) is 10.6 Å². The second-order valence-corrected chi connectivity index (χ2v) is 7.36. The minimum atomic E-state index is 0.169. The Balaban J connectivity index is 1.48. The van der Waals surface area contributed by atoms with E-state index in [2.05, 4.69) is 48.5 Å². The summed E-state index contributed by atoms with van der Waals surface area (Å²) in [5, 5.41) is 15.0. The molecule has 0 fully saturated rings. The first-order chi connectivity index (χ1) is 12.8. The maximum Gasteiger partial charge on any atom is 0.208 e. The maximum absolute atomic E-state index is 4.55. The van der Waals surface area contributed by atoms with Gasteiger partial charge >= 0.3 is 0 Å². The molecule has 8 heteroatoms. The van der Waals surface area contributed by atoms with E-state index in [9.17, 15) is 0 Å². The van der Waals surface area contributed by atoms with Gasteiger partial charge in [-0.05, 0) is 0 Å². The Hall–Kier alpha value is -3.00. The maximum atomic E-state index is 4.55. The van der Waals surface area contributed by atoms with Crippen LogP contribution in [0.2, 0.25) is 0 Å². The number of nitrogens with zero attached hydrogens (tertiary/aromatic N) is 6. The molecule has 0 aliphatic carbocycles. The molecule has 0 saturated heterocycles.